The van der Waals surface area contributed by atoms with Gasteiger partial charge in [0, 0.05) is 12.5 Å². The Morgan fingerprint density at radius 1 is 1.55 bits per heavy atom. The molecule has 0 aliphatic carbocycles. The van der Waals surface area contributed by atoms with Crippen molar-refractivity contribution in [3.8, 4) is 0 Å². The first-order valence-electron chi connectivity index (χ1n) is 4.31. The third kappa shape index (κ3) is 2.29. The lowest BCUT2D eigenvalue weighted by atomic mass is 9.91. The van der Waals surface area contributed by atoms with Crippen LogP contribution in [0, 0.1) is 11.8 Å². The van der Waals surface area contributed by atoms with Crippen molar-refractivity contribution in [2.75, 3.05) is 6.61 Å². The summed E-state index contributed by atoms with van der Waals surface area (Å²) < 4.78 is 5.51. The molecule has 11 heavy (non-hydrogen) atoms. The SMILES string of the molecule is CC(C)[C@@H]1C[C@@H](C=O)CCO1. The molecule has 2 heteroatoms. The normalized spacial score (nSPS) is 32.3. The summed E-state index contributed by atoms with van der Waals surface area (Å²) in [6, 6.07) is 0. The highest BCUT2D eigenvalue weighted by atomic mass is 16.5. The minimum atomic E-state index is 0.246. The molecule has 0 spiro atoms. The van der Waals surface area contributed by atoms with Gasteiger partial charge in [-0.15, -0.1) is 0 Å². The second-order valence-electron chi connectivity index (χ2n) is 3.57. The van der Waals surface area contributed by atoms with Crippen LogP contribution in [-0.2, 0) is 9.53 Å². The van der Waals surface area contributed by atoms with E-state index in [0.717, 1.165) is 25.7 Å². The van der Waals surface area contributed by atoms with Crippen LogP contribution in [0.3, 0.4) is 0 Å². The molecule has 0 amide bonds. The van der Waals surface area contributed by atoms with Crippen molar-refractivity contribution in [1.29, 1.82) is 0 Å². The van der Waals surface area contributed by atoms with Crippen LogP contribution >= 0.6 is 0 Å². The van der Waals surface area contributed by atoms with E-state index in [1.54, 1.807) is 0 Å². The van der Waals surface area contributed by atoms with Crippen molar-refractivity contribution >= 4 is 6.29 Å². The summed E-state index contributed by atoms with van der Waals surface area (Å²) in [4.78, 5) is 10.5. The number of carbonyl (C=O) groups excluding carboxylic acids is 1. The van der Waals surface area contributed by atoms with E-state index in [-0.39, 0.29) is 5.92 Å². The fourth-order valence-electron chi connectivity index (χ4n) is 1.44. The summed E-state index contributed by atoms with van der Waals surface area (Å²) in [5.41, 5.74) is 0. The van der Waals surface area contributed by atoms with Gasteiger partial charge in [-0.2, -0.15) is 0 Å². The van der Waals surface area contributed by atoms with Crippen LogP contribution in [0.15, 0.2) is 0 Å². The highest BCUT2D eigenvalue weighted by molar-refractivity contribution is 5.53. The standard InChI is InChI=1S/C9H16O2/c1-7(2)9-5-8(6-10)3-4-11-9/h6-9H,3-5H2,1-2H3/t8-,9-/m0/s1. The van der Waals surface area contributed by atoms with Gasteiger partial charge in [-0.3, -0.25) is 0 Å². The Bertz CT molecular complexity index is 132. The van der Waals surface area contributed by atoms with E-state index in [0.29, 0.717) is 12.0 Å². The molecule has 2 nitrogen and oxygen atoms in total. The lowest BCUT2D eigenvalue weighted by molar-refractivity contribution is -0.117. The molecule has 0 aromatic rings. The molecular weight excluding hydrogens is 140 g/mol. The van der Waals surface area contributed by atoms with Crippen molar-refractivity contribution in [1.82, 2.24) is 0 Å². The van der Waals surface area contributed by atoms with Gasteiger partial charge in [-0.25, -0.2) is 0 Å². The molecule has 1 fully saturated rings. The minimum Gasteiger partial charge on any atom is -0.378 e. The summed E-state index contributed by atoms with van der Waals surface area (Å²) in [6.45, 7) is 5.03. The maximum atomic E-state index is 10.5. The molecule has 64 valence electrons. The lowest BCUT2D eigenvalue weighted by Gasteiger charge is -2.29. The molecule has 2 atom stereocenters. The van der Waals surface area contributed by atoms with Crippen LogP contribution in [0.2, 0.25) is 0 Å². The van der Waals surface area contributed by atoms with Gasteiger partial charge in [0.15, 0.2) is 0 Å². The molecule has 0 unspecified atom stereocenters. The van der Waals surface area contributed by atoms with Gasteiger partial charge in [0.05, 0.1) is 6.10 Å². The summed E-state index contributed by atoms with van der Waals surface area (Å²) in [5, 5.41) is 0. The smallest absolute Gasteiger partial charge is 0.123 e. The first-order valence-corrected chi connectivity index (χ1v) is 4.31. The Morgan fingerprint density at radius 3 is 2.82 bits per heavy atom. The molecule has 0 saturated carbocycles. The van der Waals surface area contributed by atoms with E-state index >= 15 is 0 Å². The fourth-order valence-corrected chi connectivity index (χ4v) is 1.44. The molecule has 1 aliphatic heterocycles. The van der Waals surface area contributed by atoms with Crippen LogP contribution in [0.1, 0.15) is 26.7 Å². The van der Waals surface area contributed by atoms with E-state index in [1.165, 1.54) is 0 Å². The first-order chi connectivity index (χ1) is 5.24. The molecule has 1 aliphatic rings. The van der Waals surface area contributed by atoms with Crippen LogP contribution < -0.4 is 0 Å². The molecule has 0 aromatic heterocycles. The third-order valence-electron chi connectivity index (χ3n) is 2.29. The maximum Gasteiger partial charge on any atom is 0.123 e. The van der Waals surface area contributed by atoms with Crippen LogP contribution in [0.5, 0.6) is 0 Å². The number of carbonyl (C=O) groups is 1. The molecule has 1 saturated heterocycles. The Balaban J connectivity index is 2.39. The van der Waals surface area contributed by atoms with Crippen molar-refractivity contribution in [2.45, 2.75) is 32.8 Å². The predicted molar refractivity (Wildman–Crippen MR) is 43.4 cm³/mol. The Morgan fingerprint density at radius 2 is 2.27 bits per heavy atom. The Kier molecular flexibility index (Phi) is 3.06. The Labute approximate surface area is 67.9 Å². The lowest BCUT2D eigenvalue weighted by Crippen LogP contribution is -2.30. The first kappa shape index (κ1) is 8.72. The second-order valence-corrected chi connectivity index (χ2v) is 3.57. The molecular formula is C9H16O2. The van der Waals surface area contributed by atoms with Crippen molar-refractivity contribution in [2.24, 2.45) is 11.8 Å². The quantitative estimate of drug-likeness (QED) is 0.568. The largest absolute Gasteiger partial charge is 0.378 e. The number of hydrogen-bond donors (Lipinski definition) is 0. The van der Waals surface area contributed by atoms with E-state index in [2.05, 4.69) is 13.8 Å². The Hall–Kier alpha value is -0.370. The monoisotopic (exact) mass is 156 g/mol. The summed E-state index contributed by atoms with van der Waals surface area (Å²) >= 11 is 0. The van der Waals surface area contributed by atoms with Crippen molar-refractivity contribution in [3.05, 3.63) is 0 Å². The van der Waals surface area contributed by atoms with Crippen LogP contribution in [0.4, 0.5) is 0 Å². The highest BCUT2D eigenvalue weighted by Crippen LogP contribution is 2.23. The zero-order chi connectivity index (χ0) is 8.27. The number of aldehydes is 1. The van der Waals surface area contributed by atoms with Gasteiger partial charge in [0.1, 0.15) is 6.29 Å². The number of ether oxygens (including phenoxy) is 1. The minimum absolute atomic E-state index is 0.246. The van der Waals surface area contributed by atoms with Gasteiger partial charge >= 0.3 is 0 Å². The molecule has 1 rings (SSSR count). The molecule has 1 heterocycles. The zero-order valence-corrected chi connectivity index (χ0v) is 7.25. The average Bonchev–Trinajstić information content (AvgIpc) is 2.05. The van der Waals surface area contributed by atoms with Gasteiger partial charge in [0.2, 0.25) is 0 Å². The summed E-state index contributed by atoms with van der Waals surface area (Å²) in [5.74, 6) is 0.786. The van der Waals surface area contributed by atoms with E-state index in [4.69, 9.17) is 4.74 Å². The molecule has 0 radical (unpaired) electrons. The van der Waals surface area contributed by atoms with Gasteiger partial charge in [-0.05, 0) is 18.8 Å². The molecule has 0 aromatic carbocycles. The second kappa shape index (κ2) is 3.86. The van der Waals surface area contributed by atoms with Gasteiger partial charge in [-0.1, -0.05) is 13.8 Å². The van der Waals surface area contributed by atoms with E-state index < -0.39 is 0 Å². The van der Waals surface area contributed by atoms with E-state index in [9.17, 15) is 4.79 Å². The van der Waals surface area contributed by atoms with Gasteiger partial charge in [0.25, 0.3) is 0 Å². The van der Waals surface area contributed by atoms with Gasteiger partial charge < -0.3 is 9.53 Å². The van der Waals surface area contributed by atoms with Crippen molar-refractivity contribution in [3.63, 3.8) is 0 Å². The zero-order valence-electron chi connectivity index (χ0n) is 7.25. The van der Waals surface area contributed by atoms with Crippen LogP contribution in [-0.4, -0.2) is 19.0 Å². The maximum absolute atomic E-state index is 10.5. The predicted octanol–water partition coefficient (Wildman–Crippen LogP) is 1.64. The summed E-state index contributed by atoms with van der Waals surface area (Å²) in [6.07, 6.45) is 3.20. The average molecular weight is 156 g/mol. The third-order valence-corrected chi connectivity index (χ3v) is 2.29. The molecule has 0 N–H and O–H groups in total. The number of hydrogen-bond acceptors (Lipinski definition) is 2. The molecule has 0 bridgehead atoms. The summed E-state index contributed by atoms with van der Waals surface area (Å²) in [7, 11) is 0. The fraction of sp³-hybridized carbons (Fsp3) is 0.889. The van der Waals surface area contributed by atoms with Crippen LogP contribution in [0.25, 0.3) is 0 Å². The highest BCUT2D eigenvalue weighted by Gasteiger charge is 2.23. The van der Waals surface area contributed by atoms with Crippen molar-refractivity contribution < 1.29 is 9.53 Å². The topological polar surface area (TPSA) is 26.3 Å². The number of rotatable bonds is 2. The van der Waals surface area contributed by atoms with E-state index in [1.807, 2.05) is 0 Å².